The molecular formula is C7H16O3P+. The van der Waals surface area contributed by atoms with Crippen molar-refractivity contribution in [3.05, 3.63) is 0 Å². The van der Waals surface area contributed by atoms with Crippen LogP contribution in [-0.4, -0.2) is 24.5 Å². The van der Waals surface area contributed by atoms with Gasteiger partial charge in [-0.05, 0) is 9.98 Å². The highest BCUT2D eigenvalue weighted by molar-refractivity contribution is 7.39. The first-order valence-electron chi connectivity index (χ1n) is 3.54. The third kappa shape index (κ3) is 4.46. The van der Waals surface area contributed by atoms with Crippen LogP contribution in [0.4, 0.5) is 0 Å². The number of aliphatic hydroxyl groups is 1. The summed E-state index contributed by atoms with van der Waals surface area (Å²) in [7, 11) is -0.299. The normalized spacial score (nSPS) is 16.3. The molecule has 0 amide bonds. The summed E-state index contributed by atoms with van der Waals surface area (Å²) < 4.78 is 15.4. The smallest absolute Gasteiger partial charge is 0.388 e. The molecule has 3 nitrogen and oxygen atoms in total. The SMILES string of the molecule is CO[P+](=O)C[C@H](O)C(C)(C)C. The Morgan fingerprint density at radius 2 is 2.00 bits per heavy atom. The molecule has 0 aromatic heterocycles. The van der Waals surface area contributed by atoms with Crippen molar-refractivity contribution in [1.29, 1.82) is 0 Å². The maximum atomic E-state index is 10.8. The quantitative estimate of drug-likeness (QED) is 0.672. The monoisotopic (exact) mass is 179 g/mol. The van der Waals surface area contributed by atoms with Gasteiger partial charge in [-0.3, -0.25) is 0 Å². The molecule has 0 aliphatic heterocycles. The lowest BCUT2D eigenvalue weighted by atomic mass is 9.90. The number of hydrogen-bond acceptors (Lipinski definition) is 3. The number of rotatable bonds is 3. The molecule has 0 aliphatic carbocycles. The van der Waals surface area contributed by atoms with Gasteiger partial charge in [0.1, 0.15) is 6.10 Å². The summed E-state index contributed by atoms with van der Waals surface area (Å²) in [4.78, 5) is 0. The van der Waals surface area contributed by atoms with Crippen molar-refractivity contribution in [1.82, 2.24) is 0 Å². The minimum atomic E-state index is -1.68. The van der Waals surface area contributed by atoms with E-state index >= 15 is 0 Å². The molecule has 0 rings (SSSR count). The standard InChI is InChI=1S/C7H16O3P/c1-7(2,3)6(8)5-11(9)10-4/h6,8H,5H2,1-4H3/q+1/t6-/m0/s1. The Labute approximate surface area is 68.6 Å². The molecule has 1 unspecified atom stereocenters. The van der Waals surface area contributed by atoms with E-state index in [2.05, 4.69) is 4.52 Å². The van der Waals surface area contributed by atoms with Crippen molar-refractivity contribution < 1.29 is 14.2 Å². The molecule has 66 valence electrons. The molecule has 0 spiro atoms. The van der Waals surface area contributed by atoms with E-state index in [-0.39, 0.29) is 11.6 Å². The first-order valence-corrected chi connectivity index (χ1v) is 4.91. The molecule has 0 heterocycles. The Balaban J connectivity index is 3.87. The number of aliphatic hydroxyl groups excluding tert-OH is 1. The van der Waals surface area contributed by atoms with Crippen LogP contribution in [0.1, 0.15) is 20.8 Å². The van der Waals surface area contributed by atoms with Gasteiger partial charge in [0.2, 0.25) is 6.16 Å². The van der Waals surface area contributed by atoms with E-state index in [1.165, 1.54) is 7.11 Å². The van der Waals surface area contributed by atoms with Gasteiger partial charge in [-0.15, -0.1) is 4.52 Å². The van der Waals surface area contributed by atoms with Crippen LogP contribution in [-0.2, 0) is 9.09 Å². The summed E-state index contributed by atoms with van der Waals surface area (Å²) in [6.45, 7) is 5.70. The van der Waals surface area contributed by atoms with Crippen LogP contribution in [0.25, 0.3) is 0 Å². The van der Waals surface area contributed by atoms with Gasteiger partial charge in [0.15, 0.2) is 0 Å². The second kappa shape index (κ2) is 4.15. The van der Waals surface area contributed by atoms with E-state index in [1.807, 2.05) is 20.8 Å². The van der Waals surface area contributed by atoms with E-state index in [4.69, 9.17) is 0 Å². The lowest BCUT2D eigenvalue weighted by Crippen LogP contribution is -2.28. The average molecular weight is 179 g/mol. The minimum absolute atomic E-state index is 0.218. The first-order chi connectivity index (χ1) is 4.88. The molecule has 4 heteroatoms. The van der Waals surface area contributed by atoms with Crippen LogP contribution in [0.5, 0.6) is 0 Å². The lowest BCUT2D eigenvalue weighted by Gasteiger charge is -2.21. The molecule has 0 fully saturated rings. The topological polar surface area (TPSA) is 46.5 Å². The first kappa shape index (κ1) is 11.0. The summed E-state index contributed by atoms with van der Waals surface area (Å²) in [6.07, 6.45) is -0.346. The fraction of sp³-hybridized carbons (Fsp3) is 1.00. The van der Waals surface area contributed by atoms with Crippen LogP contribution in [0.2, 0.25) is 0 Å². The third-order valence-electron chi connectivity index (χ3n) is 1.53. The molecule has 0 bridgehead atoms. The van der Waals surface area contributed by atoms with Gasteiger partial charge in [0, 0.05) is 0 Å². The van der Waals surface area contributed by atoms with Gasteiger partial charge >= 0.3 is 8.03 Å². The average Bonchev–Trinajstić information content (AvgIpc) is 1.85. The van der Waals surface area contributed by atoms with E-state index in [1.54, 1.807) is 0 Å². The van der Waals surface area contributed by atoms with Gasteiger partial charge in [-0.25, -0.2) is 0 Å². The van der Waals surface area contributed by atoms with Gasteiger partial charge in [0.25, 0.3) is 0 Å². The summed E-state index contributed by atoms with van der Waals surface area (Å²) in [5.41, 5.74) is -0.219. The zero-order valence-electron chi connectivity index (χ0n) is 7.50. The zero-order chi connectivity index (χ0) is 9.07. The summed E-state index contributed by atoms with van der Waals surface area (Å²) in [5, 5.41) is 9.42. The van der Waals surface area contributed by atoms with Gasteiger partial charge in [0.05, 0.1) is 7.11 Å². The van der Waals surface area contributed by atoms with Crippen molar-refractivity contribution in [3.63, 3.8) is 0 Å². The lowest BCUT2D eigenvalue weighted by molar-refractivity contribution is 0.0811. The molecule has 0 saturated carbocycles. The van der Waals surface area contributed by atoms with Crippen molar-refractivity contribution in [2.75, 3.05) is 13.3 Å². The van der Waals surface area contributed by atoms with Gasteiger partial charge in [-0.1, -0.05) is 20.8 Å². The Bertz CT molecular complexity index is 139. The van der Waals surface area contributed by atoms with Crippen LogP contribution >= 0.6 is 8.03 Å². The molecule has 0 saturated heterocycles. The molecule has 0 aromatic carbocycles. The number of hydrogen-bond donors (Lipinski definition) is 1. The van der Waals surface area contributed by atoms with Gasteiger partial charge in [-0.2, -0.15) is 0 Å². The Morgan fingerprint density at radius 3 is 2.27 bits per heavy atom. The molecule has 1 N–H and O–H groups in total. The van der Waals surface area contributed by atoms with E-state index in [0.717, 1.165) is 0 Å². The van der Waals surface area contributed by atoms with Crippen LogP contribution in [0, 0.1) is 5.41 Å². The van der Waals surface area contributed by atoms with Crippen molar-refractivity contribution in [3.8, 4) is 0 Å². The Kier molecular flexibility index (Phi) is 4.16. The van der Waals surface area contributed by atoms with Gasteiger partial charge < -0.3 is 5.11 Å². The Morgan fingerprint density at radius 1 is 1.55 bits per heavy atom. The van der Waals surface area contributed by atoms with E-state index < -0.39 is 14.1 Å². The van der Waals surface area contributed by atoms with E-state index in [9.17, 15) is 9.67 Å². The van der Waals surface area contributed by atoms with Crippen LogP contribution < -0.4 is 0 Å². The van der Waals surface area contributed by atoms with Crippen molar-refractivity contribution in [2.24, 2.45) is 5.41 Å². The predicted molar refractivity (Wildman–Crippen MR) is 44.9 cm³/mol. The maximum Gasteiger partial charge on any atom is 0.510 e. The largest absolute Gasteiger partial charge is 0.510 e. The molecule has 0 aliphatic rings. The molecule has 11 heavy (non-hydrogen) atoms. The van der Waals surface area contributed by atoms with Crippen LogP contribution in [0.15, 0.2) is 0 Å². The Hall–Kier alpha value is 0.0200. The molecular weight excluding hydrogens is 163 g/mol. The fourth-order valence-electron chi connectivity index (χ4n) is 0.490. The minimum Gasteiger partial charge on any atom is -0.388 e. The third-order valence-corrected chi connectivity index (χ3v) is 2.58. The van der Waals surface area contributed by atoms with Crippen molar-refractivity contribution in [2.45, 2.75) is 26.9 Å². The molecule has 2 atom stereocenters. The van der Waals surface area contributed by atoms with Crippen LogP contribution in [0.3, 0.4) is 0 Å². The summed E-state index contributed by atoms with van der Waals surface area (Å²) in [5.74, 6) is 0. The highest BCUT2D eigenvalue weighted by Gasteiger charge is 2.31. The van der Waals surface area contributed by atoms with Crippen molar-refractivity contribution >= 4 is 8.03 Å². The summed E-state index contributed by atoms with van der Waals surface area (Å²) in [6, 6.07) is 0. The predicted octanol–water partition coefficient (Wildman–Crippen LogP) is 1.78. The second-order valence-electron chi connectivity index (χ2n) is 3.58. The highest BCUT2D eigenvalue weighted by Crippen LogP contribution is 2.29. The zero-order valence-corrected chi connectivity index (χ0v) is 8.39. The molecule has 0 radical (unpaired) electrons. The maximum absolute atomic E-state index is 10.8. The fourth-order valence-corrected chi connectivity index (χ4v) is 1.47. The molecule has 0 aromatic rings. The van der Waals surface area contributed by atoms with E-state index in [0.29, 0.717) is 0 Å². The highest BCUT2D eigenvalue weighted by atomic mass is 31.1. The second-order valence-corrected chi connectivity index (χ2v) is 4.98. The summed E-state index contributed by atoms with van der Waals surface area (Å²) >= 11 is 0.